The van der Waals surface area contributed by atoms with E-state index in [1.54, 1.807) is 24.8 Å². The highest BCUT2D eigenvalue weighted by atomic mass is 16.5. The van der Waals surface area contributed by atoms with Crippen LogP contribution in [-0.4, -0.2) is 36.3 Å². The zero-order valence-electron chi connectivity index (χ0n) is 13.7. The van der Waals surface area contributed by atoms with E-state index < -0.39 is 0 Å². The van der Waals surface area contributed by atoms with Gasteiger partial charge in [0, 0.05) is 12.7 Å². The summed E-state index contributed by atoms with van der Waals surface area (Å²) in [5.74, 6) is 1.34. The smallest absolute Gasteiger partial charge is 0.271 e. The number of amides is 1. The fraction of sp³-hybridized carbons (Fsp3) is 0.222. The Balaban J connectivity index is 1.64. The maximum absolute atomic E-state index is 12.2. The molecule has 6 heteroatoms. The van der Waals surface area contributed by atoms with Crippen LogP contribution in [-0.2, 0) is 6.42 Å². The molecule has 6 nitrogen and oxygen atoms in total. The van der Waals surface area contributed by atoms with Crippen molar-refractivity contribution in [3.8, 4) is 11.5 Å². The first-order valence-electron chi connectivity index (χ1n) is 7.65. The zero-order valence-corrected chi connectivity index (χ0v) is 13.7. The third kappa shape index (κ3) is 3.32. The first kappa shape index (κ1) is 15.9. The predicted octanol–water partition coefficient (Wildman–Crippen LogP) is 2.32. The van der Waals surface area contributed by atoms with E-state index in [2.05, 4.69) is 10.4 Å². The van der Waals surface area contributed by atoms with E-state index in [0.717, 1.165) is 22.6 Å². The molecule has 0 bridgehead atoms. The van der Waals surface area contributed by atoms with E-state index in [4.69, 9.17) is 9.47 Å². The maximum atomic E-state index is 12.2. The highest BCUT2D eigenvalue weighted by molar-refractivity contribution is 5.93. The van der Waals surface area contributed by atoms with Crippen molar-refractivity contribution in [3.05, 3.63) is 59.9 Å². The minimum atomic E-state index is -0.194. The van der Waals surface area contributed by atoms with Crippen molar-refractivity contribution >= 4 is 11.4 Å². The third-order valence-corrected chi connectivity index (χ3v) is 3.77. The topological polar surface area (TPSA) is 64.9 Å². The molecule has 0 aliphatic rings. The quantitative estimate of drug-likeness (QED) is 0.755. The van der Waals surface area contributed by atoms with Gasteiger partial charge in [0.25, 0.3) is 5.91 Å². The molecule has 0 spiro atoms. The molecule has 124 valence electrons. The molecular weight excluding hydrogens is 306 g/mol. The molecular formula is C18H19N3O3. The van der Waals surface area contributed by atoms with Gasteiger partial charge >= 0.3 is 0 Å². The molecule has 1 N–H and O–H groups in total. The van der Waals surface area contributed by atoms with Gasteiger partial charge in [0.1, 0.15) is 11.5 Å². The summed E-state index contributed by atoms with van der Waals surface area (Å²) in [7, 11) is 3.25. The molecule has 0 saturated heterocycles. The molecule has 2 heterocycles. The summed E-state index contributed by atoms with van der Waals surface area (Å²) >= 11 is 0. The van der Waals surface area contributed by atoms with Crippen LogP contribution in [0.25, 0.3) is 5.52 Å². The Morgan fingerprint density at radius 2 is 2.04 bits per heavy atom. The van der Waals surface area contributed by atoms with E-state index >= 15 is 0 Å². The standard InChI is InChI=1S/C18H19N3O3/c1-23-15-6-7-17(24-2)13(11-15)8-9-19-18(22)16-12-14-5-3-4-10-21(14)20-16/h3-7,10-12H,8-9H2,1-2H3,(H,19,22). The highest BCUT2D eigenvalue weighted by Gasteiger charge is 2.11. The maximum Gasteiger partial charge on any atom is 0.271 e. The Hall–Kier alpha value is -3.02. The normalized spacial score (nSPS) is 10.6. The average molecular weight is 325 g/mol. The van der Waals surface area contributed by atoms with Crippen LogP contribution in [0.2, 0.25) is 0 Å². The van der Waals surface area contributed by atoms with Gasteiger partial charge in [0.2, 0.25) is 0 Å². The van der Waals surface area contributed by atoms with Crippen LogP contribution in [0.15, 0.2) is 48.7 Å². The molecule has 0 radical (unpaired) electrons. The molecule has 2 aromatic heterocycles. The Labute approximate surface area is 140 Å². The number of benzene rings is 1. The van der Waals surface area contributed by atoms with Crippen molar-refractivity contribution < 1.29 is 14.3 Å². The van der Waals surface area contributed by atoms with Crippen molar-refractivity contribution in [1.29, 1.82) is 0 Å². The van der Waals surface area contributed by atoms with E-state index in [-0.39, 0.29) is 5.91 Å². The first-order chi connectivity index (χ1) is 11.7. The van der Waals surface area contributed by atoms with Gasteiger partial charge in [-0.25, -0.2) is 4.52 Å². The number of aromatic nitrogens is 2. The lowest BCUT2D eigenvalue weighted by atomic mass is 10.1. The Morgan fingerprint density at radius 1 is 1.17 bits per heavy atom. The van der Waals surface area contributed by atoms with Crippen molar-refractivity contribution in [2.45, 2.75) is 6.42 Å². The third-order valence-electron chi connectivity index (χ3n) is 3.77. The number of nitrogens with one attached hydrogen (secondary N) is 1. The van der Waals surface area contributed by atoms with Crippen molar-refractivity contribution in [2.24, 2.45) is 0 Å². The number of methoxy groups -OCH3 is 2. The molecule has 0 fully saturated rings. The summed E-state index contributed by atoms with van der Waals surface area (Å²) < 4.78 is 12.3. The summed E-state index contributed by atoms with van der Waals surface area (Å²) in [5, 5.41) is 7.15. The van der Waals surface area contributed by atoms with Crippen molar-refractivity contribution in [2.75, 3.05) is 20.8 Å². The molecule has 1 aromatic carbocycles. The Kier molecular flexibility index (Phi) is 4.65. The lowest BCUT2D eigenvalue weighted by molar-refractivity contribution is 0.0948. The fourth-order valence-corrected chi connectivity index (χ4v) is 2.53. The largest absolute Gasteiger partial charge is 0.497 e. The van der Waals surface area contributed by atoms with Gasteiger partial charge in [-0.1, -0.05) is 6.07 Å². The number of pyridine rings is 1. The molecule has 3 rings (SSSR count). The van der Waals surface area contributed by atoms with Crippen LogP contribution < -0.4 is 14.8 Å². The van der Waals surface area contributed by atoms with Crippen LogP contribution in [0, 0.1) is 0 Å². The van der Waals surface area contributed by atoms with Gasteiger partial charge in [-0.05, 0) is 48.4 Å². The number of nitrogens with zero attached hydrogens (tertiary/aromatic N) is 2. The van der Waals surface area contributed by atoms with Crippen LogP contribution in [0.3, 0.4) is 0 Å². The lowest BCUT2D eigenvalue weighted by Crippen LogP contribution is -2.26. The van der Waals surface area contributed by atoms with Crippen molar-refractivity contribution in [3.63, 3.8) is 0 Å². The molecule has 0 unspecified atom stereocenters. The molecule has 24 heavy (non-hydrogen) atoms. The van der Waals surface area contributed by atoms with Gasteiger partial charge in [0.15, 0.2) is 5.69 Å². The number of fused-ring (bicyclic) bond motifs is 1. The van der Waals surface area contributed by atoms with Gasteiger partial charge in [0.05, 0.1) is 19.7 Å². The van der Waals surface area contributed by atoms with Gasteiger partial charge in [-0.2, -0.15) is 5.10 Å². The number of hydrogen-bond donors (Lipinski definition) is 1. The zero-order chi connectivity index (χ0) is 16.9. The van der Waals surface area contributed by atoms with E-state index in [0.29, 0.717) is 18.7 Å². The second-order valence-corrected chi connectivity index (χ2v) is 5.28. The summed E-state index contributed by atoms with van der Waals surface area (Å²) in [5.41, 5.74) is 2.27. The average Bonchev–Trinajstić information content (AvgIpc) is 3.05. The second kappa shape index (κ2) is 7.04. The van der Waals surface area contributed by atoms with Crippen molar-refractivity contribution in [1.82, 2.24) is 14.9 Å². The van der Waals surface area contributed by atoms with Gasteiger partial charge in [-0.3, -0.25) is 4.79 Å². The molecule has 0 saturated carbocycles. The number of carbonyl (C=O) groups is 1. The van der Waals surface area contributed by atoms with E-state index in [1.165, 1.54) is 0 Å². The van der Waals surface area contributed by atoms with Gasteiger partial charge in [-0.15, -0.1) is 0 Å². The van der Waals surface area contributed by atoms with Crippen LogP contribution >= 0.6 is 0 Å². The molecule has 3 aromatic rings. The fourth-order valence-electron chi connectivity index (χ4n) is 2.53. The number of rotatable bonds is 6. The summed E-state index contributed by atoms with van der Waals surface area (Å²) in [6, 6.07) is 13.1. The lowest BCUT2D eigenvalue weighted by Gasteiger charge is -2.10. The molecule has 1 amide bonds. The van der Waals surface area contributed by atoms with E-state index in [9.17, 15) is 4.79 Å². The number of carbonyl (C=O) groups excluding carboxylic acids is 1. The van der Waals surface area contributed by atoms with Crippen LogP contribution in [0.4, 0.5) is 0 Å². The predicted molar refractivity (Wildman–Crippen MR) is 90.8 cm³/mol. The SMILES string of the molecule is COc1ccc(OC)c(CCNC(=O)c2cc3ccccn3n2)c1. The number of ether oxygens (including phenoxy) is 2. The monoisotopic (exact) mass is 325 g/mol. The Bertz CT molecular complexity index is 825. The molecule has 0 atom stereocenters. The highest BCUT2D eigenvalue weighted by Crippen LogP contribution is 2.24. The van der Waals surface area contributed by atoms with Crippen LogP contribution in [0.1, 0.15) is 16.1 Å². The van der Waals surface area contributed by atoms with E-state index in [1.807, 2.05) is 42.6 Å². The summed E-state index contributed by atoms with van der Waals surface area (Å²) in [6.07, 6.45) is 2.45. The molecule has 0 aliphatic carbocycles. The minimum Gasteiger partial charge on any atom is -0.497 e. The van der Waals surface area contributed by atoms with Gasteiger partial charge < -0.3 is 14.8 Å². The molecule has 0 aliphatic heterocycles. The summed E-state index contributed by atoms with van der Waals surface area (Å²) in [6.45, 7) is 0.482. The number of hydrogen-bond acceptors (Lipinski definition) is 4. The minimum absolute atomic E-state index is 0.194. The second-order valence-electron chi connectivity index (χ2n) is 5.28. The van der Waals surface area contributed by atoms with Crippen LogP contribution in [0.5, 0.6) is 11.5 Å². The Morgan fingerprint density at radius 3 is 2.79 bits per heavy atom. The first-order valence-corrected chi connectivity index (χ1v) is 7.65. The summed E-state index contributed by atoms with van der Waals surface area (Å²) in [4.78, 5) is 12.2.